The maximum atomic E-state index is 13.2. The summed E-state index contributed by atoms with van der Waals surface area (Å²) >= 11 is 0. The lowest BCUT2D eigenvalue weighted by Gasteiger charge is -2.09. The van der Waals surface area contributed by atoms with Crippen molar-refractivity contribution in [2.75, 3.05) is 25.0 Å². The normalized spacial score (nSPS) is 11.0. The van der Waals surface area contributed by atoms with E-state index in [9.17, 15) is 40.4 Å². The van der Waals surface area contributed by atoms with Crippen LogP contribution in [0.1, 0.15) is 6.42 Å². The van der Waals surface area contributed by atoms with Crippen LogP contribution in [-0.4, -0.2) is 45.9 Å². The summed E-state index contributed by atoms with van der Waals surface area (Å²) in [6.45, 7) is -1.77. The summed E-state index contributed by atoms with van der Waals surface area (Å²) in [5, 5.41) is 4.34. The van der Waals surface area contributed by atoms with Gasteiger partial charge in [0, 0.05) is 18.3 Å². The van der Waals surface area contributed by atoms with Crippen LogP contribution in [0, 0.1) is 23.3 Å². The van der Waals surface area contributed by atoms with Crippen LogP contribution < -0.4 is 15.4 Å². The van der Waals surface area contributed by atoms with Crippen molar-refractivity contribution in [2.45, 2.75) is 11.3 Å². The molecule has 0 heterocycles. The number of halogens is 4. The Morgan fingerprint density at radius 3 is 2.12 bits per heavy atom. The van der Waals surface area contributed by atoms with E-state index in [1.807, 2.05) is 4.72 Å². The second kappa shape index (κ2) is 11.4. The van der Waals surface area contributed by atoms with Crippen molar-refractivity contribution in [1.82, 2.24) is 10.0 Å². The van der Waals surface area contributed by atoms with Crippen LogP contribution in [0.5, 0.6) is 0 Å². The summed E-state index contributed by atoms with van der Waals surface area (Å²) in [5.74, 6) is -7.42. The number of benzene rings is 2. The van der Waals surface area contributed by atoms with Gasteiger partial charge in [0.15, 0.2) is 29.9 Å². The van der Waals surface area contributed by atoms with Crippen molar-refractivity contribution in [3.63, 3.8) is 0 Å². The lowest BCUT2D eigenvalue weighted by molar-refractivity contribution is -0.148. The van der Waals surface area contributed by atoms with Crippen LogP contribution in [0.25, 0.3) is 0 Å². The highest BCUT2D eigenvalue weighted by Crippen LogP contribution is 2.14. The third kappa shape index (κ3) is 8.16. The molecule has 14 heteroatoms. The standard InChI is InChI=1S/C19H17F4N3O6S/c20-13-3-1-11(7-15(13)22)26-17(27)9-24-18(28)10-32-19(29)5-6-25-33(30,31)12-2-4-14(21)16(23)8-12/h1-4,7-8,25H,5-6,9-10H2,(H,24,28)(H,26,27). The molecule has 0 aromatic heterocycles. The van der Waals surface area contributed by atoms with E-state index in [0.29, 0.717) is 12.1 Å². The molecule has 0 aliphatic heterocycles. The molecule has 0 saturated carbocycles. The van der Waals surface area contributed by atoms with Gasteiger partial charge in [0.05, 0.1) is 17.9 Å². The molecule has 0 bridgehead atoms. The SMILES string of the molecule is O=C(COC(=O)CCNS(=O)(=O)c1ccc(F)c(F)c1)NCC(=O)Nc1ccc(F)c(F)c1. The number of anilines is 1. The Hall–Kier alpha value is -3.52. The van der Waals surface area contributed by atoms with E-state index in [0.717, 1.165) is 24.3 Å². The number of rotatable bonds is 10. The first-order chi connectivity index (χ1) is 15.5. The third-order valence-electron chi connectivity index (χ3n) is 3.84. The third-order valence-corrected chi connectivity index (χ3v) is 5.29. The molecule has 0 radical (unpaired) electrons. The number of nitrogens with one attached hydrogen (secondary N) is 3. The molecular formula is C19H17F4N3O6S. The van der Waals surface area contributed by atoms with Gasteiger partial charge in [-0.15, -0.1) is 0 Å². The maximum absolute atomic E-state index is 13.2. The van der Waals surface area contributed by atoms with Gasteiger partial charge in [0.25, 0.3) is 5.91 Å². The van der Waals surface area contributed by atoms with Gasteiger partial charge in [0.1, 0.15) is 0 Å². The number of amides is 2. The summed E-state index contributed by atoms with van der Waals surface area (Å²) in [6.07, 6.45) is -0.479. The number of ether oxygens (including phenoxy) is 1. The minimum atomic E-state index is -4.21. The minimum absolute atomic E-state index is 0.0367. The zero-order chi connectivity index (χ0) is 24.6. The molecule has 3 N–H and O–H groups in total. The van der Waals surface area contributed by atoms with Crippen molar-refractivity contribution < 1.29 is 45.1 Å². The first-order valence-electron chi connectivity index (χ1n) is 9.10. The monoisotopic (exact) mass is 491 g/mol. The Bertz CT molecular complexity index is 1160. The number of carbonyl (C=O) groups excluding carboxylic acids is 3. The van der Waals surface area contributed by atoms with Gasteiger partial charge in [-0.25, -0.2) is 30.7 Å². The van der Waals surface area contributed by atoms with Gasteiger partial charge in [-0.1, -0.05) is 0 Å². The average molecular weight is 491 g/mol. The fraction of sp³-hybridized carbons (Fsp3) is 0.211. The highest BCUT2D eigenvalue weighted by molar-refractivity contribution is 7.89. The Balaban J connectivity index is 1.68. The smallest absolute Gasteiger partial charge is 0.307 e. The van der Waals surface area contributed by atoms with E-state index >= 15 is 0 Å². The molecule has 0 saturated heterocycles. The summed E-state index contributed by atoms with van der Waals surface area (Å²) in [4.78, 5) is 34.4. The molecule has 2 amide bonds. The van der Waals surface area contributed by atoms with Crippen LogP contribution >= 0.6 is 0 Å². The van der Waals surface area contributed by atoms with Crippen molar-refractivity contribution >= 4 is 33.5 Å². The highest BCUT2D eigenvalue weighted by atomic mass is 32.2. The predicted octanol–water partition coefficient (Wildman–Crippen LogP) is 1.21. The first kappa shape index (κ1) is 25.7. The molecule has 2 rings (SSSR count). The first-order valence-corrected chi connectivity index (χ1v) is 10.6. The van der Waals surface area contributed by atoms with Crippen LogP contribution in [-0.2, 0) is 29.1 Å². The predicted molar refractivity (Wildman–Crippen MR) is 105 cm³/mol. The van der Waals surface area contributed by atoms with Crippen LogP contribution in [0.3, 0.4) is 0 Å². The van der Waals surface area contributed by atoms with E-state index in [1.54, 1.807) is 0 Å². The van der Waals surface area contributed by atoms with Gasteiger partial charge in [-0.3, -0.25) is 14.4 Å². The Morgan fingerprint density at radius 1 is 0.848 bits per heavy atom. The molecule has 0 aliphatic rings. The summed E-state index contributed by atoms with van der Waals surface area (Å²) < 4.78 is 82.5. The summed E-state index contributed by atoms with van der Waals surface area (Å²) in [7, 11) is -4.21. The van der Waals surface area contributed by atoms with Gasteiger partial charge >= 0.3 is 5.97 Å². The number of esters is 1. The minimum Gasteiger partial charge on any atom is -0.456 e. The molecule has 0 fully saturated rings. The molecule has 2 aromatic carbocycles. The zero-order valence-corrected chi connectivity index (χ0v) is 17.5. The van der Waals surface area contributed by atoms with Gasteiger partial charge in [-0.05, 0) is 30.3 Å². The molecule has 0 spiro atoms. The van der Waals surface area contributed by atoms with E-state index in [4.69, 9.17) is 0 Å². The Kier molecular flexibility index (Phi) is 8.87. The lowest BCUT2D eigenvalue weighted by atomic mass is 10.3. The quantitative estimate of drug-likeness (QED) is 0.338. The van der Waals surface area contributed by atoms with Crippen molar-refractivity contribution in [2.24, 2.45) is 0 Å². The topological polar surface area (TPSA) is 131 Å². The van der Waals surface area contributed by atoms with E-state index in [2.05, 4.69) is 15.4 Å². The fourth-order valence-corrected chi connectivity index (χ4v) is 3.29. The molecule has 0 atom stereocenters. The summed E-state index contributed by atoms with van der Waals surface area (Å²) in [6, 6.07) is 4.61. The van der Waals surface area contributed by atoms with E-state index in [-0.39, 0.29) is 5.69 Å². The largest absolute Gasteiger partial charge is 0.456 e. The highest BCUT2D eigenvalue weighted by Gasteiger charge is 2.17. The summed E-state index contributed by atoms with van der Waals surface area (Å²) in [5.41, 5.74) is -0.0367. The number of hydrogen-bond donors (Lipinski definition) is 3. The van der Waals surface area contributed by atoms with Gasteiger partial charge in [-0.2, -0.15) is 0 Å². The van der Waals surface area contributed by atoms with Crippen LogP contribution in [0.2, 0.25) is 0 Å². The number of hydrogen-bond acceptors (Lipinski definition) is 6. The maximum Gasteiger partial charge on any atom is 0.307 e. The molecule has 178 valence electrons. The average Bonchev–Trinajstić information content (AvgIpc) is 2.75. The molecule has 33 heavy (non-hydrogen) atoms. The zero-order valence-electron chi connectivity index (χ0n) is 16.7. The van der Waals surface area contributed by atoms with Gasteiger partial charge < -0.3 is 15.4 Å². The fourth-order valence-electron chi connectivity index (χ4n) is 2.24. The van der Waals surface area contributed by atoms with Gasteiger partial charge in [0.2, 0.25) is 15.9 Å². The second-order valence-corrected chi connectivity index (χ2v) is 8.11. The van der Waals surface area contributed by atoms with Crippen LogP contribution in [0.15, 0.2) is 41.3 Å². The van der Waals surface area contributed by atoms with Crippen molar-refractivity contribution in [3.05, 3.63) is 59.7 Å². The van der Waals surface area contributed by atoms with E-state index in [1.165, 1.54) is 0 Å². The number of carbonyl (C=O) groups is 3. The van der Waals surface area contributed by atoms with E-state index < -0.39 is 82.1 Å². The van der Waals surface area contributed by atoms with Crippen molar-refractivity contribution in [3.8, 4) is 0 Å². The molecule has 0 unspecified atom stereocenters. The Labute approximate surface area is 185 Å². The van der Waals surface area contributed by atoms with Crippen molar-refractivity contribution in [1.29, 1.82) is 0 Å². The number of sulfonamides is 1. The molecule has 9 nitrogen and oxygen atoms in total. The molecule has 2 aromatic rings. The molecule has 0 aliphatic carbocycles. The molecular weight excluding hydrogens is 474 g/mol. The Morgan fingerprint density at radius 2 is 1.48 bits per heavy atom. The van der Waals surface area contributed by atoms with Crippen LogP contribution in [0.4, 0.5) is 23.2 Å². The second-order valence-electron chi connectivity index (χ2n) is 6.34. The lowest BCUT2D eigenvalue weighted by Crippen LogP contribution is -2.36.